The van der Waals surface area contributed by atoms with Gasteiger partial charge in [0.05, 0.1) is 12.5 Å². The quantitative estimate of drug-likeness (QED) is 0.581. The molecule has 2 rings (SSSR count). The Hall–Kier alpha value is -1.64. The third kappa shape index (κ3) is 2.73. The normalized spacial score (nSPS) is 20.5. The van der Waals surface area contributed by atoms with E-state index >= 15 is 0 Å². The van der Waals surface area contributed by atoms with Gasteiger partial charge in [0.1, 0.15) is 0 Å². The molecule has 0 bridgehead atoms. The predicted octanol–water partition coefficient (Wildman–Crippen LogP) is 2.70. The lowest BCUT2D eigenvalue weighted by atomic mass is 9.93. The first-order valence-corrected chi connectivity index (χ1v) is 5.96. The van der Waals surface area contributed by atoms with E-state index in [1.165, 1.54) is 6.92 Å². The predicted molar refractivity (Wildman–Crippen MR) is 64.0 cm³/mol. The molecule has 0 N–H and O–H groups in total. The van der Waals surface area contributed by atoms with E-state index in [4.69, 9.17) is 4.74 Å². The zero-order valence-electron chi connectivity index (χ0n) is 9.94. The van der Waals surface area contributed by atoms with Gasteiger partial charge in [-0.15, -0.1) is 0 Å². The molecule has 1 unspecified atom stereocenters. The summed E-state index contributed by atoms with van der Waals surface area (Å²) in [6.07, 6.45) is 2.77. The van der Waals surface area contributed by atoms with E-state index in [2.05, 4.69) is 0 Å². The van der Waals surface area contributed by atoms with E-state index in [0.29, 0.717) is 12.2 Å². The molecule has 1 fully saturated rings. The second-order valence-corrected chi connectivity index (χ2v) is 4.39. The molecule has 1 saturated heterocycles. The van der Waals surface area contributed by atoms with Crippen LogP contribution in [0.15, 0.2) is 24.3 Å². The van der Waals surface area contributed by atoms with Crippen molar-refractivity contribution in [1.29, 1.82) is 0 Å². The first-order chi connectivity index (χ1) is 8.18. The molecular weight excluding hydrogens is 216 g/mol. The highest BCUT2D eigenvalue weighted by atomic mass is 16.5. The second kappa shape index (κ2) is 5.13. The third-order valence-electron chi connectivity index (χ3n) is 3.14. The third-order valence-corrected chi connectivity index (χ3v) is 3.14. The Labute approximate surface area is 101 Å². The number of Topliss-reactive ketones (excluding diaryl/α,β-unsaturated/α-hetero) is 1. The van der Waals surface area contributed by atoms with Crippen LogP contribution in [0.3, 0.4) is 0 Å². The highest BCUT2D eigenvalue weighted by Crippen LogP contribution is 2.26. The Kier molecular flexibility index (Phi) is 3.57. The Morgan fingerprint density at radius 2 is 1.94 bits per heavy atom. The number of ketones is 1. The average Bonchev–Trinajstić information content (AvgIpc) is 2.54. The highest BCUT2D eigenvalue weighted by molar-refractivity contribution is 5.94. The molecule has 3 nitrogen and oxygen atoms in total. The number of cyclic esters (lactones) is 1. The molecule has 0 radical (unpaired) electrons. The maximum Gasteiger partial charge on any atom is 0.313 e. The summed E-state index contributed by atoms with van der Waals surface area (Å²) < 4.78 is 5.14. The van der Waals surface area contributed by atoms with Gasteiger partial charge in [0.2, 0.25) is 0 Å². The second-order valence-electron chi connectivity index (χ2n) is 4.39. The lowest BCUT2D eigenvalue weighted by molar-refractivity contribution is -0.144. The molecule has 0 saturated carbocycles. The number of ether oxygens (including phenoxy) is 1. The number of carbonyl (C=O) groups is 2. The van der Waals surface area contributed by atoms with Crippen molar-refractivity contribution in [3.8, 4) is 0 Å². The van der Waals surface area contributed by atoms with Gasteiger partial charge in [-0.1, -0.05) is 24.3 Å². The van der Waals surface area contributed by atoms with Crippen molar-refractivity contribution in [3.63, 3.8) is 0 Å². The summed E-state index contributed by atoms with van der Waals surface area (Å²) in [5.74, 6) is -0.267. The number of hydrogen-bond donors (Lipinski definition) is 0. The zero-order valence-corrected chi connectivity index (χ0v) is 9.94. The standard InChI is InChI=1S/C14H16O3/c1-10(15)11-5-7-12(8-6-11)13-4-2-3-9-17-14(13)16/h5-8,13H,2-4,9H2,1H3. The van der Waals surface area contributed by atoms with Crippen LogP contribution in [0.1, 0.15) is 48.0 Å². The van der Waals surface area contributed by atoms with Crippen LogP contribution in [0.2, 0.25) is 0 Å². The SMILES string of the molecule is CC(=O)c1ccc(C2CCCCOC2=O)cc1. The molecule has 1 aromatic rings. The van der Waals surface area contributed by atoms with E-state index in [1.807, 2.05) is 12.1 Å². The largest absolute Gasteiger partial charge is 0.465 e. The topological polar surface area (TPSA) is 43.4 Å². The molecule has 90 valence electrons. The van der Waals surface area contributed by atoms with Gasteiger partial charge in [-0.2, -0.15) is 0 Å². The Morgan fingerprint density at radius 3 is 2.59 bits per heavy atom. The van der Waals surface area contributed by atoms with Crippen LogP contribution < -0.4 is 0 Å². The molecular formula is C14H16O3. The molecule has 1 aliphatic heterocycles. The summed E-state index contributed by atoms with van der Waals surface area (Å²) in [6.45, 7) is 2.07. The summed E-state index contributed by atoms with van der Waals surface area (Å²) in [5, 5.41) is 0. The Morgan fingerprint density at radius 1 is 1.24 bits per heavy atom. The first-order valence-electron chi connectivity index (χ1n) is 5.96. The first kappa shape index (κ1) is 11.8. The van der Waals surface area contributed by atoms with E-state index in [1.54, 1.807) is 12.1 Å². The Balaban J connectivity index is 2.20. The highest BCUT2D eigenvalue weighted by Gasteiger charge is 2.24. The lowest BCUT2D eigenvalue weighted by Gasteiger charge is -2.12. The number of rotatable bonds is 2. The van der Waals surface area contributed by atoms with Crippen molar-refractivity contribution < 1.29 is 14.3 Å². The van der Waals surface area contributed by atoms with Crippen molar-refractivity contribution in [2.45, 2.75) is 32.1 Å². The fourth-order valence-electron chi connectivity index (χ4n) is 2.09. The van der Waals surface area contributed by atoms with Crippen LogP contribution in [0, 0.1) is 0 Å². The van der Waals surface area contributed by atoms with Gasteiger partial charge in [-0.3, -0.25) is 9.59 Å². The molecule has 0 aromatic heterocycles. The minimum Gasteiger partial charge on any atom is -0.465 e. The van der Waals surface area contributed by atoms with Crippen molar-refractivity contribution in [3.05, 3.63) is 35.4 Å². The summed E-state index contributed by atoms with van der Waals surface area (Å²) in [7, 11) is 0. The monoisotopic (exact) mass is 232 g/mol. The maximum atomic E-state index is 11.7. The summed E-state index contributed by atoms with van der Waals surface area (Å²) >= 11 is 0. The lowest BCUT2D eigenvalue weighted by Crippen LogP contribution is -2.13. The molecule has 0 aliphatic carbocycles. The van der Waals surface area contributed by atoms with Crippen LogP contribution in [-0.4, -0.2) is 18.4 Å². The van der Waals surface area contributed by atoms with E-state index in [0.717, 1.165) is 24.8 Å². The van der Waals surface area contributed by atoms with Gasteiger partial charge >= 0.3 is 5.97 Å². The maximum absolute atomic E-state index is 11.7. The molecule has 1 aromatic carbocycles. The molecule has 3 heteroatoms. The van der Waals surface area contributed by atoms with Gasteiger partial charge in [0.25, 0.3) is 0 Å². The smallest absolute Gasteiger partial charge is 0.313 e. The summed E-state index contributed by atoms with van der Waals surface area (Å²) in [5.41, 5.74) is 1.62. The van der Waals surface area contributed by atoms with E-state index in [-0.39, 0.29) is 17.7 Å². The van der Waals surface area contributed by atoms with Crippen LogP contribution in [0.25, 0.3) is 0 Å². The van der Waals surface area contributed by atoms with Crippen molar-refractivity contribution in [2.75, 3.05) is 6.61 Å². The van der Waals surface area contributed by atoms with Gasteiger partial charge in [-0.05, 0) is 31.7 Å². The number of esters is 1. The Bertz CT molecular complexity index is 420. The van der Waals surface area contributed by atoms with Crippen molar-refractivity contribution >= 4 is 11.8 Å². The van der Waals surface area contributed by atoms with Crippen molar-refractivity contribution in [2.24, 2.45) is 0 Å². The van der Waals surface area contributed by atoms with Gasteiger partial charge in [0.15, 0.2) is 5.78 Å². The van der Waals surface area contributed by atoms with Crippen LogP contribution in [0.4, 0.5) is 0 Å². The number of carbonyl (C=O) groups excluding carboxylic acids is 2. The fourth-order valence-corrected chi connectivity index (χ4v) is 2.09. The molecule has 1 atom stereocenters. The minimum atomic E-state index is -0.168. The van der Waals surface area contributed by atoms with Gasteiger partial charge in [0, 0.05) is 5.56 Å². The van der Waals surface area contributed by atoms with Gasteiger partial charge < -0.3 is 4.74 Å². The minimum absolute atomic E-state index is 0.0417. The average molecular weight is 232 g/mol. The van der Waals surface area contributed by atoms with E-state index in [9.17, 15) is 9.59 Å². The van der Waals surface area contributed by atoms with Crippen LogP contribution >= 0.6 is 0 Å². The number of benzene rings is 1. The van der Waals surface area contributed by atoms with Gasteiger partial charge in [-0.25, -0.2) is 0 Å². The zero-order chi connectivity index (χ0) is 12.3. The van der Waals surface area contributed by atoms with Crippen LogP contribution in [-0.2, 0) is 9.53 Å². The summed E-state index contributed by atoms with van der Waals surface area (Å²) in [6, 6.07) is 7.26. The summed E-state index contributed by atoms with van der Waals surface area (Å²) in [4.78, 5) is 22.9. The number of hydrogen-bond acceptors (Lipinski definition) is 3. The fraction of sp³-hybridized carbons (Fsp3) is 0.429. The van der Waals surface area contributed by atoms with Crippen LogP contribution in [0.5, 0.6) is 0 Å². The molecule has 0 amide bonds. The molecule has 0 spiro atoms. The molecule has 17 heavy (non-hydrogen) atoms. The molecule has 1 aliphatic rings. The van der Waals surface area contributed by atoms with E-state index < -0.39 is 0 Å². The van der Waals surface area contributed by atoms with Crippen molar-refractivity contribution in [1.82, 2.24) is 0 Å². The molecule has 1 heterocycles.